The van der Waals surface area contributed by atoms with Crippen LogP contribution in [0.15, 0.2) is 52.6 Å². The predicted octanol–water partition coefficient (Wildman–Crippen LogP) is 3.55. The average molecular weight is 328 g/mol. The minimum Gasteiger partial charge on any atom is -0.305 e. The summed E-state index contributed by atoms with van der Waals surface area (Å²) in [7, 11) is 1.87. The molecule has 0 unspecified atom stereocenters. The lowest BCUT2D eigenvalue weighted by molar-refractivity contribution is 0.792. The summed E-state index contributed by atoms with van der Waals surface area (Å²) in [4.78, 5) is 4.22. The van der Waals surface area contributed by atoms with Crippen molar-refractivity contribution in [3.05, 3.63) is 53.2 Å². The zero-order chi connectivity index (χ0) is 15.5. The number of pyridine rings is 1. The fourth-order valence-corrected chi connectivity index (χ4v) is 2.91. The molecule has 0 radical (unpaired) electrons. The summed E-state index contributed by atoms with van der Waals surface area (Å²) >= 11 is 7.55. The Morgan fingerprint density at radius 2 is 1.95 bits per heavy atom. The zero-order valence-electron chi connectivity index (χ0n) is 11.6. The highest BCUT2D eigenvalue weighted by Gasteiger charge is 2.14. The van der Waals surface area contributed by atoms with Crippen molar-refractivity contribution in [1.29, 1.82) is 5.26 Å². The highest BCUT2D eigenvalue weighted by Crippen LogP contribution is 2.30. The van der Waals surface area contributed by atoms with Crippen molar-refractivity contribution < 1.29 is 0 Å². The SMILES string of the molecule is Cn1c(Sc2cccc(C#N)n2)nnc1-c1ccccc1Cl. The van der Waals surface area contributed by atoms with Gasteiger partial charge < -0.3 is 4.57 Å². The van der Waals surface area contributed by atoms with Crippen LogP contribution in [0.3, 0.4) is 0 Å². The first-order valence-electron chi connectivity index (χ1n) is 6.38. The van der Waals surface area contributed by atoms with E-state index in [4.69, 9.17) is 16.9 Å². The van der Waals surface area contributed by atoms with Crippen LogP contribution in [-0.2, 0) is 7.05 Å². The molecule has 1 aromatic carbocycles. The Balaban J connectivity index is 1.94. The van der Waals surface area contributed by atoms with Gasteiger partial charge >= 0.3 is 0 Å². The van der Waals surface area contributed by atoms with Crippen LogP contribution in [0.2, 0.25) is 5.02 Å². The molecule has 0 spiro atoms. The third-order valence-electron chi connectivity index (χ3n) is 2.98. The molecule has 108 valence electrons. The number of rotatable bonds is 3. The van der Waals surface area contributed by atoms with Crippen LogP contribution in [0.4, 0.5) is 0 Å². The van der Waals surface area contributed by atoms with Crippen LogP contribution in [0.25, 0.3) is 11.4 Å². The van der Waals surface area contributed by atoms with Gasteiger partial charge in [-0.05, 0) is 36.0 Å². The molecule has 2 aromatic heterocycles. The largest absolute Gasteiger partial charge is 0.305 e. The quantitative estimate of drug-likeness (QED) is 0.736. The van der Waals surface area contributed by atoms with E-state index in [0.29, 0.717) is 26.7 Å². The van der Waals surface area contributed by atoms with E-state index >= 15 is 0 Å². The van der Waals surface area contributed by atoms with E-state index in [1.54, 1.807) is 12.1 Å². The van der Waals surface area contributed by atoms with Gasteiger partial charge in [-0.3, -0.25) is 0 Å². The molecule has 0 atom stereocenters. The van der Waals surface area contributed by atoms with Gasteiger partial charge in [0, 0.05) is 12.6 Å². The van der Waals surface area contributed by atoms with E-state index in [2.05, 4.69) is 15.2 Å². The second-order valence-electron chi connectivity index (χ2n) is 4.42. The summed E-state index contributed by atoms with van der Waals surface area (Å²) in [5.74, 6) is 0.685. The molecular weight excluding hydrogens is 318 g/mol. The van der Waals surface area contributed by atoms with Gasteiger partial charge in [-0.15, -0.1) is 10.2 Å². The number of aromatic nitrogens is 4. The van der Waals surface area contributed by atoms with E-state index in [9.17, 15) is 0 Å². The average Bonchev–Trinajstić information content (AvgIpc) is 2.89. The van der Waals surface area contributed by atoms with Gasteiger partial charge in [0.05, 0.1) is 5.02 Å². The second kappa shape index (κ2) is 6.18. The third kappa shape index (κ3) is 2.82. The first-order chi connectivity index (χ1) is 10.7. The van der Waals surface area contributed by atoms with Gasteiger partial charge in [0.25, 0.3) is 0 Å². The summed E-state index contributed by atoms with van der Waals surface area (Å²) < 4.78 is 1.85. The number of nitrogens with zero attached hydrogens (tertiary/aromatic N) is 5. The van der Waals surface area contributed by atoms with Gasteiger partial charge in [0.15, 0.2) is 11.0 Å². The molecule has 0 saturated heterocycles. The maximum absolute atomic E-state index is 8.90. The van der Waals surface area contributed by atoms with Crippen LogP contribution in [0, 0.1) is 11.3 Å². The van der Waals surface area contributed by atoms with Crippen LogP contribution in [0.5, 0.6) is 0 Å². The Morgan fingerprint density at radius 1 is 1.14 bits per heavy atom. The first kappa shape index (κ1) is 14.6. The summed E-state index contributed by atoms with van der Waals surface area (Å²) in [6.07, 6.45) is 0. The molecule has 22 heavy (non-hydrogen) atoms. The standard InChI is InChI=1S/C15H10ClN5S/c1-21-14(11-6-2-3-7-12(11)16)19-20-15(21)22-13-8-4-5-10(9-17)18-13/h2-8H,1H3. The number of hydrogen-bond acceptors (Lipinski definition) is 5. The third-order valence-corrected chi connectivity index (χ3v) is 4.29. The Morgan fingerprint density at radius 3 is 2.73 bits per heavy atom. The first-order valence-corrected chi connectivity index (χ1v) is 7.58. The van der Waals surface area contributed by atoms with Crippen molar-refractivity contribution in [2.75, 3.05) is 0 Å². The molecule has 0 N–H and O–H groups in total. The molecule has 0 fully saturated rings. The summed E-state index contributed by atoms with van der Waals surface area (Å²) in [5.41, 5.74) is 1.20. The lowest BCUT2D eigenvalue weighted by atomic mass is 10.2. The monoisotopic (exact) mass is 327 g/mol. The van der Waals surface area contributed by atoms with E-state index in [1.807, 2.05) is 48.0 Å². The van der Waals surface area contributed by atoms with Gasteiger partial charge in [-0.2, -0.15) is 5.26 Å². The molecule has 2 heterocycles. The van der Waals surface area contributed by atoms with Crippen LogP contribution >= 0.6 is 23.4 Å². The smallest absolute Gasteiger partial charge is 0.197 e. The molecule has 3 aromatic rings. The highest BCUT2D eigenvalue weighted by molar-refractivity contribution is 7.99. The summed E-state index contributed by atoms with van der Waals surface area (Å²) in [6, 6.07) is 14.8. The van der Waals surface area contributed by atoms with Crippen molar-refractivity contribution >= 4 is 23.4 Å². The van der Waals surface area contributed by atoms with Gasteiger partial charge in [0.1, 0.15) is 16.8 Å². The second-order valence-corrected chi connectivity index (χ2v) is 5.81. The fraction of sp³-hybridized carbons (Fsp3) is 0.0667. The van der Waals surface area contributed by atoms with E-state index in [0.717, 1.165) is 5.56 Å². The van der Waals surface area contributed by atoms with Gasteiger partial charge in [-0.1, -0.05) is 29.8 Å². The molecule has 0 saturated carbocycles. The maximum atomic E-state index is 8.90. The summed E-state index contributed by atoms with van der Waals surface area (Å²) in [6.45, 7) is 0. The maximum Gasteiger partial charge on any atom is 0.197 e. The molecule has 3 rings (SSSR count). The number of halogens is 1. The van der Waals surface area contributed by atoms with Gasteiger partial charge in [-0.25, -0.2) is 4.98 Å². The molecule has 0 amide bonds. The number of nitriles is 1. The van der Waals surface area contributed by atoms with E-state index in [-0.39, 0.29) is 0 Å². The molecule has 5 nitrogen and oxygen atoms in total. The fourth-order valence-electron chi connectivity index (χ4n) is 1.91. The van der Waals surface area contributed by atoms with E-state index < -0.39 is 0 Å². The topological polar surface area (TPSA) is 67.4 Å². The normalized spacial score (nSPS) is 10.4. The Bertz CT molecular complexity index is 868. The minimum absolute atomic E-state index is 0.374. The Hall–Kier alpha value is -2.36. The molecule has 7 heteroatoms. The predicted molar refractivity (Wildman–Crippen MR) is 84.5 cm³/mol. The summed E-state index contributed by atoms with van der Waals surface area (Å²) in [5, 5.41) is 19.3. The van der Waals surface area contributed by atoms with Crippen LogP contribution < -0.4 is 0 Å². The molecule has 0 aliphatic carbocycles. The zero-order valence-corrected chi connectivity index (χ0v) is 13.1. The van der Waals surface area contributed by atoms with Crippen molar-refractivity contribution in [2.24, 2.45) is 7.05 Å². The lowest BCUT2D eigenvalue weighted by Gasteiger charge is -2.05. The molecule has 0 aliphatic heterocycles. The molecule has 0 aliphatic rings. The number of benzene rings is 1. The number of hydrogen-bond donors (Lipinski definition) is 0. The van der Waals surface area contributed by atoms with Crippen LogP contribution in [-0.4, -0.2) is 19.7 Å². The highest BCUT2D eigenvalue weighted by atomic mass is 35.5. The molecule has 0 bridgehead atoms. The Labute approximate surface area is 136 Å². The molecular formula is C15H10ClN5S. The van der Waals surface area contributed by atoms with Crippen LogP contribution in [0.1, 0.15) is 5.69 Å². The van der Waals surface area contributed by atoms with Crippen molar-refractivity contribution in [1.82, 2.24) is 19.7 Å². The lowest BCUT2D eigenvalue weighted by Crippen LogP contribution is -1.95. The van der Waals surface area contributed by atoms with Crippen molar-refractivity contribution in [3.8, 4) is 17.5 Å². The van der Waals surface area contributed by atoms with Gasteiger partial charge in [0.2, 0.25) is 0 Å². The minimum atomic E-state index is 0.374. The Kier molecular flexibility index (Phi) is 4.09. The van der Waals surface area contributed by atoms with Crippen molar-refractivity contribution in [2.45, 2.75) is 10.2 Å². The van der Waals surface area contributed by atoms with E-state index in [1.165, 1.54) is 11.8 Å². The van der Waals surface area contributed by atoms with Crippen molar-refractivity contribution in [3.63, 3.8) is 0 Å².